The van der Waals surface area contributed by atoms with Crippen LogP contribution in [0.25, 0.3) is 110 Å². The van der Waals surface area contributed by atoms with E-state index in [1.165, 1.54) is 67.6 Å². The number of carboxylic acid groups (broad SMARTS) is 1. The Morgan fingerprint density at radius 1 is 0.311 bits per heavy atom. The van der Waals surface area contributed by atoms with Gasteiger partial charge in [-0.3, -0.25) is 46.8 Å². The Balaban J connectivity index is 0.000000132. The Morgan fingerprint density at radius 2 is 0.561 bits per heavy atom. The quantitative estimate of drug-likeness (QED) is 0.0546. The SMILES string of the molecule is CC(C)c1ccccc1-c1cn(C(=O)Cc2ccc(C(=O)O)cc2)c2ccccc12.CC(C)c1ccccc1-c1cn(C(=O)Cc2ccc(N(C)C)cc2)c2ccccc12.CCOc1ccc(CC(=O)n2cc(-c3ccccc3C(C)C)c3ccccc32)cc1.CSc1ccc(CC(=O)n2cc(-c3ccccc3C(C)C)c3ccccc32)cc1.Cc1ccc(CC(=O)n2cc(-c3ccccc3C(C)C)c3ccccc32)c(F)c1. The average molecular weight is 1980 g/mol. The van der Waals surface area contributed by atoms with Crippen LogP contribution < -0.4 is 9.64 Å². The van der Waals surface area contributed by atoms with E-state index in [4.69, 9.17) is 9.84 Å². The molecule has 14 nitrogen and oxygen atoms in total. The number of halogens is 1. The third kappa shape index (κ3) is 23.9. The van der Waals surface area contributed by atoms with Gasteiger partial charge in [0.15, 0.2) is 0 Å². The summed E-state index contributed by atoms with van der Waals surface area (Å²) in [6.07, 6.45) is 13.3. The topological polar surface area (TPSA) is 160 Å². The van der Waals surface area contributed by atoms with Crippen molar-refractivity contribution in [3.8, 4) is 61.4 Å². The van der Waals surface area contributed by atoms with Crippen LogP contribution in [0.3, 0.4) is 0 Å². The summed E-state index contributed by atoms with van der Waals surface area (Å²) >= 11 is 1.71. The smallest absolute Gasteiger partial charge is 0.335 e. The van der Waals surface area contributed by atoms with Gasteiger partial charge in [-0.1, -0.05) is 342 Å². The van der Waals surface area contributed by atoms with Crippen molar-refractivity contribution in [3.63, 3.8) is 0 Å². The van der Waals surface area contributed by atoms with Gasteiger partial charge < -0.3 is 14.7 Å². The van der Waals surface area contributed by atoms with Gasteiger partial charge in [0.05, 0.1) is 71.9 Å². The molecule has 0 radical (unpaired) electrons. The van der Waals surface area contributed by atoms with Gasteiger partial charge in [0.25, 0.3) is 0 Å². The Hall–Kier alpha value is -16.3. The lowest BCUT2D eigenvalue weighted by Crippen LogP contribution is -2.13. The van der Waals surface area contributed by atoms with Crippen molar-refractivity contribution in [3.05, 3.63) is 461 Å². The maximum absolute atomic E-state index is 14.3. The number of nitrogens with zero attached hydrogens (tertiary/aromatic N) is 6. The van der Waals surface area contributed by atoms with E-state index in [1.54, 1.807) is 43.7 Å². The minimum atomic E-state index is -0.974. The molecule has 0 spiro atoms. The summed E-state index contributed by atoms with van der Waals surface area (Å²) in [6.45, 7) is 26.4. The van der Waals surface area contributed by atoms with Crippen molar-refractivity contribution in [1.29, 1.82) is 0 Å². The second-order valence-corrected chi connectivity index (χ2v) is 40.2. The van der Waals surface area contributed by atoms with Gasteiger partial charge in [0.1, 0.15) is 11.6 Å². The van der Waals surface area contributed by atoms with E-state index in [9.17, 15) is 33.2 Å². The molecule has 15 aromatic carbocycles. The van der Waals surface area contributed by atoms with E-state index in [0.29, 0.717) is 61.0 Å². The first-order valence-electron chi connectivity index (χ1n) is 50.8. The molecule has 148 heavy (non-hydrogen) atoms. The number of ether oxygens (including phenoxy) is 1. The summed E-state index contributed by atoms with van der Waals surface area (Å²) in [5.74, 6) is 1.52. The zero-order valence-corrected chi connectivity index (χ0v) is 87.7. The van der Waals surface area contributed by atoms with Gasteiger partial charge in [0, 0.05) is 110 Å². The molecular formula is C132H127FN6O8S. The summed E-state index contributed by atoms with van der Waals surface area (Å²) in [6, 6.07) is 118. The van der Waals surface area contributed by atoms with Crippen LogP contribution in [0, 0.1) is 12.7 Å². The van der Waals surface area contributed by atoms with Gasteiger partial charge in [-0.05, 0) is 224 Å². The molecule has 0 saturated carbocycles. The van der Waals surface area contributed by atoms with Gasteiger partial charge in [-0.15, -0.1) is 11.8 Å². The van der Waals surface area contributed by atoms with Gasteiger partial charge >= 0.3 is 5.97 Å². The number of benzene rings is 15. The summed E-state index contributed by atoms with van der Waals surface area (Å²) in [5, 5.41) is 14.5. The summed E-state index contributed by atoms with van der Waals surface area (Å²) in [7, 11) is 4.03. The van der Waals surface area contributed by atoms with Crippen LogP contribution in [0.4, 0.5) is 10.1 Å². The highest BCUT2D eigenvalue weighted by molar-refractivity contribution is 7.98. The van der Waals surface area contributed by atoms with Gasteiger partial charge in [0.2, 0.25) is 29.5 Å². The van der Waals surface area contributed by atoms with Crippen molar-refractivity contribution < 1.29 is 43.0 Å². The number of carboxylic acids is 1. The average Bonchev–Trinajstić information content (AvgIpc) is 1.64. The first-order chi connectivity index (χ1) is 71.5. The predicted octanol–water partition coefficient (Wildman–Crippen LogP) is 32.9. The number of hydrogen-bond donors (Lipinski definition) is 1. The van der Waals surface area contributed by atoms with Crippen molar-refractivity contribution in [2.24, 2.45) is 0 Å². The number of aromatic carboxylic acids is 1. The first kappa shape index (κ1) is 105. The number of anilines is 1. The first-order valence-corrected chi connectivity index (χ1v) is 52.1. The molecule has 20 rings (SSSR count). The molecule has 0 saturated heterocycles. The Bertz CT molecular complexity index is 8170. The molecule has 0 bridgehead atoms. The van der Waals surface area contributed by atoms with Crippen LogP contribution >= 0.6 is 11.8 Å². The molecule has 5 aromatic heterocycles. The maximum Gasteiger partial charge on any atom is 0.335 e. The molecule has 5 heterocycles. The number of carbonyl (C=O) groups is 6. The number of aryl methyl sites for hydroxylation is 1. The largest absolute Gasteiger partial charge is 0.494 e. The Morgan fingerprint density at radius 3 is 0.818 bits per heavy atom. The molecule has 0 unspecified atom stereocenters. The molecule has 20 aromatic rings. The van der Waals surface area contributed by atoms with Crippen LogP contribution in [0.2, 0.25) is 0 Å². The monoisotopic (exact) mass is 1970 g/mol. The summed E-state index contributed by atoms with van der Waals surface area (Å²) in [4.78, 5) is 80.3. The Labute approximate surface area is 871 Å². The van der Waals surface area contributed by atoms with E-state index >= 15 is 0 Å². The molecule has 0 amide bonds. The second-order valence-electron chi connectivity index (χ2n) is 39.3. The molecule has 0 aliphatic heterocycles. The van der Waals surface area contributed by atoms with E-state index in [-0.39, 0.29) is 53.8 Å². The van der Waals surface area contributed by atoms with E-state index in [0.717, 1.165) is 133 Å². The normalized spacial score (nSPS) is 11.2. The number of rotatable bonds is 25. The van der Waals surface area contributed by atoms with Crippen LogP contribution in [-0.2, 0) is 32.1 Å². The fraction of sp³-hybridized carbons (Fsp3) is 0.197. The summed E-state index contributed by atoms with van der Waals surface area (Å²) < 4.78 is 28.6. The van der Waals surface area contributed by atoms with E-state index in [2.05, 4.69) is 220 Å². The highest BCUT2D eigenvalue weighted by atomic mass is 32.2. The van der Waals surface area contributed by atoms with Crippen molar-refractivity contribution >= 4 is 107 Å². The van der Waals surface area contributed by atoms with Crippen molar-refractivity contribution in [2.75, 3.05) is 31.9 Å². The lowest BCUT2D eigenvalue weighted by molar-refractivity contribution is 0.0695. The van der Waals surface area contributed by atoms with Gasteiger partial charge in [-0.25, -0.2) is 9.18 Å². The molecule has 0 fully saturated rings. The second kappa shape index (κ2) is 47.7. The highest BCUT2D eigenvalue weighted by Crippen LogP contribution is 2.43. The number of aromatic nitrogens is 5. The molecule has 1 N–H and O–H groups in total. The number of para-hydroxylation sites is 5. The number of fused-ring (bicyclic) bond motifs is 5. The zero-order valence-electron chi connectivity index (χ0n) is 86.9. The van der Waals surface area contributed by atoms with Crippen molar-refractivity contribution in [1.82, 2.24) is 22.8 Å². The van der Waals surface area contributed by atoms with E-state index < -0.39 is 5.97 Å². The zero-order chi connectivity index (χ0) is 105. The molecule has 0 aliphatic rings. The number of carbonyl (C=O) groups excluding carboxylic acids is 5. The van der Waals surface area contributed by atoms with Crippen LogP contribution in [-0.4, -0.2) is 90.4 Å². The molecule has 746 valence electrons. The minimum absolute atomic E-state index is 0.0239. The predicted molar refractivity (Wildman–Crippen MR) is 610 cm³/mol. The third-order valence-electron chi connectivity index (χ3n) is 27.3. The fourth-order valence-electron chi connectivity index (χ4n) is 19.6. The lowest BCUT2D eigenvalue weighted by Gasteiger charge is -2.12. The maximum atomic E-state index is 14.3. The molecule has 0 aliphatic carbocycles. The lowest BCUT2D eigenvalue weighted by atomic mass is 9.92. The molecule has 16 heteroatoms. The van der Waals surface area contributed by atoms with Crippen LogP contribution in [0.15, 0.2) is 394 Å². The van der Waals surface area contributed by atoms with Crippen LogP contribution in [0.5, 0.6) is 5.75 Å². The van der Waals surface area contributed by atoms with Crippen LogP contribution in [0.1, 0.15) is 201 Å². The summed E-state index contributed by atoms with van der Waals surface area (Å²) in [5.41, 5.74) is 28.7. The number of hydrogen-bond acceptors (Lipinski definition) is 9. The fourth-order valence-corrected chi connectivity index (χ4v) is 20.0. The Kier molecular flexibility index (Phi) is 33.7. The third-order valence-corrected chi connectivity index (χ3v) is 28.0. The van der Waals surface area contributed by atoms with Gasteiger partial charge in [-0.2, -0.15) is 0 Å². The molecular weight excluding hydrogens is 1850 g/mol. The minimum Gasteiger partial charge on any atom is -0.494 e. The van der Waals surface area contributed by atoms with Crippen molar-refractivity contribution in [2.45, 2.75) is 150 Å². The highest BCUT2D eigenvalue weighted by Gasteiger charge is 2.27. The molecule has 0 atom stereocenters. The number of thioether (sulfide) groups is 1. The van der Waals surface area contributed by atoms with E-state index in [1.807, 2.05) is 250 Å². The standard InChI is InChI=1S/C27H28N2O.C27H27NO2.C26H24FNO.C26H23NO3.C26H25NOS/c1-19(2)22-9-5-6-10-23(22)25-18-29(26-12-8-7-11-24(25)26)27(30)17-20-13-15-21(16-14-20)28(3)4;1-4-30-21-15-13-20(14-16-21)17-27(29)28-18-25(24-11-7-8-12-26(24)28)23-10-6-5-9-22(23)19(2)3;1-17(2)20-8-4-5-9-21(20)23-16-28(25-11-7-6-10-22(23)25)26(29)15-19-13-12-18(3)14-24(19)27;1-17(2)20-7-3-4-8-21(20)23-16-27(24-10-6-5-9-22(23)24)25(28)15-18-11-13-19(14-12-18)26(29)30;1-18(2)21-8-4-5-9-22(21)24-17-27(25-11-7-6-10-23(24)25)26(28)16-19-12-14-20(29-3)15-13-19/h5-16,18-19H,17H2,1-4H3;5-16,18-19H,4,17H2,1-3H3;4-14,16-17H,15H2,1-3H3;3-14,16-17H,15H2,1-2H3,(H,29,30);4-15,17-18H,16H2,1-3H3.